The number of anilines is 1. The van der Waals surface area contributed by atoms with E-state index >= 15 is 0 Å². The van der Waals surface area contributed by atoms with Crippen LogP contribution in [0.1, 0.15) is 20.7 Å². The molecule has 130 valence electrons. The van der Waals surface area contributed by atoms with E-state index in [2.05, 4.69) is 5.32 Å². The van der Waals surface area contributed by atoms with Gasteiger partial charge in [-0.25, -0.2) is 4.79 Å². The van der Waals surface area contributed by atoms with Gasteiger partial charge in [0.2, 0.25) is 0 Å². The van der Waals surface area contributed by atoms with Crippen molar-refractivity contribution in [3.8, 4) is 11.5 Å². The number of amides is 1. The van der Waals surface area contributed by atoms with Gasteiger partial charge in [0.25, 0.3) is 11.6 Å². The number of carbonyl (C=O) groups is 2. The van der Waals surface area contributed by atoms with Crippen LogP contribution in [0.4, 0.5) is 11.4 Å². The van der Waals surface area contributed by atoms with Crippen molar-refractivity contribution in [1.29, 1.82) is 0 Å². The first-order valence-electron chi connectivity index (χ1n) is 6.93. The van der Waals surface area contributed by atoms with E-state index in [4.69, 9.17) is 9.47 Å². The number of benzene rings is 2. The Morgan fingerprint density at radius 3 is 2.44 bits per heavy atom. The van der Waals surface area contributed by atoms with E-state index in [0.29, 0.717) is 5.75 Å². The van der Waals surface area contributed by atoms with Crippen molar-refractivity contribution in [1.82, 2.24) is 0 Å². The molecule has 2 rings (SSSR count). The number of hydrogen-bond donors (Lipinski definition) is 2. The van der Waals surface area contributed by atoms with Crippen LogP contribution in [-0.4, -0.2) is 36.1 Å². The maximum atomic E-state index is 12.5. The van der Waals surface area contributed by atoms with E-state index in [-0.39, 0.29) is 17.0 Å². The Labute approximate surface area is 141 Å². The standard InChI is InChI=1S/C16H14N2O7/c1-24-9-6-7-11(13(8-9)25-2)17-15(19)10-4-3-5-12(18(22)23)14(10)16(20)21/h3-8H,1-2H3,(H,17,19)(H,20,21). The van der Waals surface area contributed by atoms with Crippen molar-refractivity contribution in [3.63, 3.8) is 0 Å². The molecule has 9 nitrogen and oxygen atoms in total. The SMILES string of the molecule is COc1ccc(NC(=O)c2cccc([N+](=O)[O-])c2C(=O)O)c(OC)c1. The fourth-order valence-electron chi connectivity index (χ4n) is 2.20. The Bertz CT molecular complexity index is 848. The van der Waals surface area contributed by atoms with Crippen LogP contribution in [0.2, 0.25) is 0 Å². The van der Waals surface area contributed by atoms with E-state index in [9.17, 15) is 24.8 Å². The number of nitrogens with zero attached hydrogens (tertiary/aromatic N) is 1. The van der Waals surface area contributed by atoms with Gasteiger partial charge in [-0.3, -0.25) is 14.9 Å². The lowest BCUT2D eigenvalue weighted by Gasteiger charge is -2.12. The van der Waals surface area contributed by atoms with Gasteiger partial charge in [0, 0.05) is 12.1 Å². The monoisotopic (exact) mass is 346 g/mol. The zero-order valence-corrected chi connectivity index (χ0v) is 13.3. The molecule has 0 unspecified atom stereocenters. The van der Waals surface area contributed by atoms with Gasteiger partial charge < -0.3 is 19.9 Å². The van der Waals surface area contributed by atoms with E-state index < -0.39 is 28.1 Å². The van der Waals surface area contributed by atoms with Crippen LogP contribution >= 0.6 is 0 Å². The summed E-state index contributed by atoms with van der Waals surface area (Å²) in [7, 11) is 2.86. The van der Waals surface area contributed by atoms with Crippen LogP contribution in [0.3, 0.4) is 0 Å². The Kier molecular flexibility index (Phi) is 5.18. The third-order valence-electron chi connectivity index (χ3n) is 3.35. The van der Waals surface area contributed by atoms with E-state index in [1.54, 1.807) is 6.07 Å². The number of rotatable bonds is 6. The van der Waals surface area contributed by atoms with Gasteiger partial charge in [-0.1, -0.05) is 6.07 Å². The summed E-state index contributed by atoms with van der Waals surface area (Å²) in [6.07, 6.45) is 0. The van der Waals surface area contributed by atoms with Crippen LogP contribution in [-0.2, 0) is 0 Å². The summed E-state index contributed by atoms with van der Waals surface area (Å²) in [5.74, 6) is -1.60. The number of hydrogen-bond acceptors (Lipinski definition) is 6. The highest BCUT2D eigenvalue weighted by Gasteiger charge is 2.27. The Morgan fingerprint density at radius 2 is 1.88 bits per heavy atom. The Balaban J connectivity index is 2.44. The lowest BCUT2D eigenvalue weighted by atomic mass is 10.0. The summed E-state index contributed by atoms with van der Waals surface area (Å²) >= 11 is 0. The third kappa shape index (κ3) is 3.66. The molecule has 0 fully saturated rings. The topological polar surface area (TPSA) is 128 Å². The van der Waals surface area contributed by atoms with Gasteiger partial charge in [0.1, 0.15) is 17.1 Å². The van der Waals surface area contributed by atoms with Crippen LogP contribution < -0.4 is 14.8 Å². The molecule has 2 N–H and O–H groups in total. The van der Waals surface area contributed by atoms with Gasteiger partial charge >= 0.3 is 5.97 Å². The van der Waals surface area contributed by atoms with Gasteiger partial charge in [-0.2, -0.15) is 0 Å². The molecule has 9 heteroatoms. The van der Waals surface area contributed by atoms with Gasteiger partial charge in [0.05, 0.1) is 30.4 Å². The highest BCUT2D eigenvalue weighted by molar-refractivity contribution is 6.12. The second kappa shape index (κ2) is 7.30. The number of carboxylic acid groups (broad SMARTS) is 1. The smallest absolute Gasteiger partial charge is 0.343 e. The molecule has 0 aliphatic heterocycles. The molecule has 0 bridgehead atoms. The molecule has 0 saturated heterocycles. The minimum Gasteiger partial charge on any atom is -0.497 e. The minimum atomic E-state index is -1.57. The zero-order chi connectivity index (χ0) is 18.6. The molecule has 0 saturated carbocycles. The molecule has 0 radical (unpaired) electrons. The fraction of sp³-hybridized carbons (Fsp3) is 0.125. The molecule has 0 atom stereocenters. The fourth-order valence-corrected chi connectivity index (χ4v) is 2.20. The van der Waals surface area contributed by atoms with Crippen molar-refractivity contribution >= 4 is 23.3 Å². The first-order chi connectivity index (χ1) is 11.9. The molecule has 0 aliphatic rings. The highest BCUT2D eigenvalue weighted by atomic mass is 16.6. The zero-order valence-electron chi connectivity index (χ0n) is 13.3. The predicted molar refractivity (Wildman–Crippen MR) is 87.6 cm³/mol. The van der Waals surface area contributed by atoms with E-state index in [0.717, 1.165) is 6.07 Å². The van der Waals surface area contributed by atoms with E-state index in [1.165, 1.54) is 38.5 Å². The Hall–Kier alpha value is -3.62. The second-order valence-corrected chi connectivity index (χ2v) is 4.78. The van der Waals surface area contributed by atoms with Crippen molar-refractivity contribution in [2.75, 3.05) is 19.5 Å². The summed E-state index contributed by atoms with van der Waals surface area (Å²) in [5.41, 5.74) is -1.42. The highest BCUT2D eigenvalue weighted by Crippen LogP contribution is 2.30. The molecule has 2 aromatic rings. The molecule has 2 aromatic carbocycles. The minimum absolute atomic E-state index is 0.260. The van der Waals surface area contributed by atoms with Crippen molar-refractivity contribution in [2.24, 2.45) is 0 Å². The quantitative estimate of drug-likeness (QED) is 0.607. The molecular weight excluding hydrogens is 332 g/mol. The number of aromatic carboxylic acids is 1. The molecule has 0 aromatic heterocycles. The summed E-state index contributed by atoms with van der Waals surface area (Å²) in [4.78, 5) is 34.0. The molecule has 0 aliphatic carbocycles. The number of nitro groups is 1. The van der Waals surface area contributed by atoms with Crippen LogP contribution in [0.25, 0.3) is 0 Å². The van der Waals surface area contributed by atoms with Crippen LogP contribution in [0.5, 0.6) is 11.5 Å². The van der Waals surface area contributed by atoms with Gasteiger partial charge in [0.15, 0.2) is 0 Å². The van der Waals surface area contributed by atoms with Gasteiger partial charge in [-0.15, -0.1) is 0 Å². The number of nitrogens with one attached hydrogen (secondary N) is 1. The summed E-state index contributed by atoms with van der Waals surface area (Å²) in [6.45, 7) is 0. The maximum absolute atomic E-state index is 12.5. The first-order valence-corrected chi connectivity index (χ1v) is 6.93. The number of carboxylic acids is 1. The average molecular weight is 346 g/mol. The van der Waals surface area contributed by atoms with Crippen LogP contribution in [0, 0.1) is 10.1 Å². The number of ether oxygens (including phenoxy) is 2. The van der Waals surface area contributed by atoms with Crippen molar-refractivity contribution in [3.05, 3.63) is 57.6 Å². The summed E-state index contributed by atoms with van der Waals surface area (Å²) in [6, 6.07) is 8.07. The molecule has 0 heterocycles. The largest absolute Gasteiger partial charge is 0.497 e. The van der Waals surface area contributed by atoms with Gasteiger partial charge in [-0.05, 0) is 18.2 Å². The predicted octanol–water partition coefficient (Wildman–Crippen LogP) is 2.56. The van der Waals surface area contributed by atoms with Crippen molar-refractivity contribution in [2.45, 2.75) is 0 Å². The summed E-state index contributed by atoms with van der Waals surface area (Å²) in [5, 5.41) is 22.7. The molecule has 25 heavy (non-hydrogen) atoms. The third-order valence-corrected chi connectivity index (χ3v) is 3.35. The van der Waals surface area contributed by atoms with Crippen LogP contribution in [0.15, 0.2) is 36.4 Å². The molecular formula is C16H14N2O7. The second-order valence-electron chi connectivity index (χ2n) is 4.78. The Morgan fingerprint density at radius 1 is 1.16 bits per heavy atom. The molecule has 0 spiro atoms. The van der Waals surface area contributed by atoms with Crippen molar-refractivity contribution < 1.29 is 29.1 Å². The van der Waals surface area contributed by atoms with E-state index in [1.807, 2.05) is 0 Å². The molecule has 1 amide bonds. The lowest BCUT2D eigenvalue weighted by molar-refractivity contribution is -0.385. The average Bonchev–Trinajstić information content (AvgIpc) is 2.61. The normalized spacial score (nSPS) is 10.0. The number of nitro benzene ring substituents is 1. The number of carbonyl (C=O) groups excluding carboxylic acids is 1. The summed E-state index contributed by atoms with van der Waals surface area (Å²) < 4.78 is 10.2. The lowest BCUT2D eigenvalue weighted by Crippen LogP contribution is -2.18. The first kappa shape index (κ1) is 17.7. The maximum Gasteiger partial charge on any atom is 0.343 e. The number of methoxy groups -OCH3 is 2.